The second-order valence-corrected chi connectivity index (χ2v) is 5.90. The van der Waals surface area contributed by atoms with E-state index in [4.69, 9.17) is 4.74 Å². The molecule has 1 aromatic rings. The van der Waals surface area contributed by atoms with Gasteiger partial charge < -0.3 is 10.1 Å². The van der Waals surface area contributed by atoms with E-state index < -0.39 is 0 Å². The van der Waals surface area contributed by atoms with Crippen molar-refractivity contribution in [2.45, 2.75) is 33.2 Å². The minimum absolute atomic E-state index is 0.0673. The second kappa shape index (κ2) is 6.09. The Labute approximate surface area is 108 Å². The molecular formula is C14H21NOS. The minimum Gasteiger partial charge on any atom is -0.496 e. The largest absolute Gasteiger partial charge is 0.496 e. The van der Waals surface area contributed by atoms with Crippen LogP contribution < -0.4 is 10.1 Å². The summed E-state index contributed by atoms with van der Waals surface area (Å²) in [4.78, 5) is 1.22. The normalized spacial score (nSPS) is 12.8. The van der Waals surface area contributed by atoms with Gasteiger partial charge in [-0.25, -0.2) is 0 Å². The number of nitrogens with one attached hydrogen (secondary N) is 1. The van der Waals surface area contributed by atoms with Crippen LogP contribution in [0.5, 0.6) is 5.75 Å². The lowest BCUT2D eigenvalue weighted by Gasteiger charge is -2.14. The molecule has 0 spiro atoms. The van der Waals surface area contributed by atoms with Gasteiger partial charge in [-0.2, -0.15) is 0 Å². The molecule has 0 aliphatic rings. The molecule has 0 amide bonds. The van der Waals surface area contributed by atoms with Crippen molar-refractivity contribution in [3.05, 3.63) is 16.3 Å². The van der Waals surface area contributed by atoms with Crippen LogP contribution in [0.25, 0.3) is 0 Å². The fourth-order valence-corrected chi connectivity index (χ4v) is 2.45. The molecule has 1 unspecified atom stereocenters. The van der Waals surface area contributed by atoms with Crippen molar-refractivity contribution < 1.29 is 4.74 Å². The van der Waals surface area contributed by atoms with E-state index in [0.29, 0.717) is 0 Å². The summed E-state index contributed by atoms with van der Waals surface area (Å²) in [5.74, 6) is 7.47. The van der Waals surface area contributed by atoms with E-state index >= 15 is 0 Å². The number of ether oxygens (including phenoxy) is 1. The molecule has 0 aliphatic carbocycles. The highest BCUT2D eigenvalue weighted by Gasteiger charge is 2.15. The van der Waals surface area contributed by atoms with Gasteiger partial charge in [0.15, 0.2) is 0 Å². The zero-order chi connectivity index (χ0) is 12.9. The van der Waals surface area contributed by atoms with Crippen molar-refractivity contribution in [3.63, 3.8) is 0 Å². The summed E-state index contributed by atoms with van der Waals surface area (Å²) >= 11 is 1.71. The van der Waals surface area contributed by atoms with Crippen molar-refractivity contribution in [1.29, 1.82) is 0 Å². The van der Waals surface area contributed by atoms with Crippen molar-refractivity contribution in [3.8, 4) is 17.6 Å². The first-order valence-corrected chi connectivity index (χ1v) is 6.64. The quantitative estimate of drug-likeness (QED) is 0.828. The molecule has 1 heterocycles. The molecule has 0 saturated carbocycles. The molecule has 17 heavy (non-hydrogen) atoms. The molecule has 3 heteroatoms. The molecule has 1 rings (SSSR count). The zero-order valence-corrected chi connectivity index (χ0v) is 12.1. The first-order chi connectivity index (χ1) is 7.98. The Hall–Kier alpha value is -0.980. The Morgan fingerprint density at radius 2 is 2.18 bits per heavy atom. The van der Waals surface area contributed by atoms with Crippen LogP contribution in [0.3, 0.4) is 0 Å². The predicted molar refractivity (Wildman–Crippen MR) is 74.5 cm³/mol. The fraction of sp³-hybridized carbons (Fsp3) is 0.571. The maximum absolute atomic E-state index is 5.34. The molecule has 1 N–H and O–H groups in total. The van der Waals surface area contributed by atoms with Crippen LogP contribution in [0.4, 0.5) is 0 Å². The van der Waals surface area contributed by atoms with E-state index in [1.807, 2.05) is 13.1 Å². The number of hydrogen-bond donors (Lipinski definition) is 1. The summed E-state index contributed by atoms with van der Waals surface area (Å²) < 4.78 is 5.34. The van der Waals surface area contributed by atoms with E-state index in [1.165, 1.54) is 4.88 Å². The molecule has 94 valence electrons. The van der Waals surface area contributed by atoms with Gasteiger partial charge in [0.05, 0.1) is 18.0 Å². The third-order valence-corrected chi connectivity index (χ3v) is 3.32. The highest BCUT2D eigenvalue weighted by Crippen LogP contribution is 2.32. The summed E-state index contributed by atoms with van der Waals surface area (Å²) in [6.45, 7) is 6.38. The monoisotopic (exact) mass is 251 g/mol. The van der Waals surface area contributed by atoms with Gasteiger partial charge in [0.25, 0.3) is 0 Å². The SMILES string of the molecule is CNC(CC#CC(C)(C)C)c1sccc1OC. The lowest BCUT2D eigenvalue weighted by molar-refractivity contribution is 0.406. The second-order valence-electron chi connectivity index (χ2n) is 4.95. The molecule has 0 fully saturated rings. The Balaban J connectivity index is 2.75. The average molecular weight is 251 g/mol. The molecule has 2 nitrogen and oxygen atoms in total. The van der Waals surface area contributed by atoms with E-state index in [-0.39, 0.29) is 11.5 Å². The van der Waals surface area contributed by atoms with Crippen molar-refractivity contribution >= 4 is 11.3 Å². The van der Waals surface area contributed by atoms with Gasteiger partial charge >= 0.3 is 0 Å². The topological polar surface area (TPSA) is 21.3 Å². The minimum atomic E-state index is 0.0673. The number of hydrogen-bond acceptors (Lipinski definition) is 3. The molecule has 1 atom stereocenters. The van der Waals surface area contributed by atoms with Crippen molar-refractivity contribution in [2.24, 2.45) is 5.41 Å². The van der Waals surface area contributed by atoms with E-state index in [2.05, 4.69) is 43.3 Å². The molecule has 0 aromatic carbocycles. The van der Waals surface area contributed by atoms with Crippen LogP contribution in [0.1, 0.15) is 38.1 Å². The molecule has 0 bridgehead atoms. The maximum atomic E-state index is 5.34. The first-order valence-electron chi connectivity index (χ1n) is 5.76. The Kier molecular flexibility index (Phi) is 5.04. The summed E-state index contributed by atoms with van der Waals surface area (Å²) in [6, 6.07) is 2.25. The highest BCUT2D eigenvalue weighted by molar-refractivity contribution is 7.10. The standard InChI is InChI=1S/C14H21NOS/c1-14(2,3)9-6-7-11(15-4)13-12(16-5)8-10-17-13/h8,10-11,15H,7H2,1-5H3. The van der Waals surface area contributed by atoms with Gasteiger partial charge in [0.2, 0.25) is 0 Å². The Morgan fingerprint density at radius 3 is 2.71 bits per heavy atom. The number of rotatable bonds is 4. The Bertz CT molecular complexity index is 406. The van der Waals surface area contributed by atoms with Gasteiger partial charge in [-0.1, -0.05) is 5.92 Å². The van der Waals surface area contributed by atoms with Crippen molar-refractivity contribution in [1.82, 2.24) is 5.32 Å². The summed E-state index contributed by atoms with van der Waals surface area (Å²) in [7, 11) is 3.67. The Morgan fingerprint density at radius 1 is 1.47 bits per heavy atom. The number of methoxy groups -OCH3 is 1. The summed E-state index contributed by atoms with van der Waals surface area (Å²) in [5.41, 5.74) is 0.0673. The van der Waals surface area contributed by atoms with Crippen LogP contribution in [0.2, 0.25) is 0 Å². The molecule has 1 aromatic heterocycles. The van der Waals surface area contributed by atoms with Crippen LogP contribution in [-0.4, -0.2) is 14.2 Å². The van der Waals surface area contributed by atoms with Crippen LogP contribution in [0, 0.1) is 17.3 Å². The van der Waals surface area contributed by atoms with Crippen molar-refractivity contribution in [2.75, 3.05) is 14.2 Å². The van der Waals surface area contributed by atoms with Gasteiger partial charge in [0, 0.05) is 11.8 Å². The van der Waals surface area contributed by atoms with E-state index in [1.54, 1.807) is 18.4 Å². The van der Waals surface area contributed by atoms with Gasteiger partial charge in [-0.05, 0) is 39.3 Å². The van der Waals surface area contributed by atoms with E-state index in [0.717, 1.165) is 12.2 Å². The molecule has 0 radical (unpaired) electrons. The lowest BCUT2D eigenvalue weighted by atomic mass is 9.97. The van der Waals surface area contributed by atoms with Gasteiger partial charge in [0.1, 0.15) is 5.75 Å². The summed E-state index contributed by atoms with van der Waals surface area (Å²) in [5, 5.41) is 5.34. The number of thiophene rings is 1. The smallest absolute Gasteiger partial charge is 0.134 e. The first kappa shape index (κ1) is 14.1. The lowest BCUT2D eigenvalue weighted by Crippen LogP contribution is -2.15. The highest BCUT2D eigenvalue weighted by atomic mass is 32.1. The van der Waals surface area contributed by atoms with Crippen LogP contribution in [-0.2, 0) is 0 Å². The van der Waals surface area contributed by atoms with Crippen LogP contribution >= 0.6 is 11.3 Å². The fourth-order valence-electron chi connectivity index (χ4n) is 1.48. The van der Waals surface area contributed by atoms with Crippen LogP contribution in [0.15, 0.2) is 11.4 Å². The summed E-state index contributed by atoms with van der Waals surface area (Å²) in [6.07, 6.45) is 0.810. The maximum Gasteiger partial charge on any atom is 0.134 e. The zero-order valence-electron chi connectivity index (χ0n) is 11.3. The predicted octanol–water partition coefficient (Wildman–Crippen LogP) is 3.46. The molecular weight excluding hydrogens is 230 g/mol. The average Bonchev–Trinajstić information content (AvgIpc) is 2.70. The molecule has 0 aliphatic heterocycles. The third-order valence-electron chi connectivity index (χ3n) is 2.31. The van der Waals surface area contributed by atoms with E-state index in [9.17, 15) is 0 Å². The van der Waals surface area contributed by atoms with Gasteiger partial charge in [-0.15, -0.1) is 17.3 Å². The third kappa shape index (κ3) is 4.41. The van der Waals surface area contributed by atoms with Gasteiger partial charge in [-0.3, -0.25) is 0 Å². The molecule has 0 saturated heterocycles.